The molecule has 2 aromatic rings. The maximum Gasteiger partial charge on any atom is 0.229 e. The summed E-state index contributed by atoms with van der Waals surface area (Å²) >= 11 is 0. The molecule has 7 heteroatoms. The lowest BCUT2D eigenvalue weighted by molar-refractivity contribution is 0.0752. The molecule has 1 heterocycles. The Bertz CT molecular complexity index is 858. The van der Waals surface area contributed by atoms with Gasteiger partial charge in [-0.25, -0.2) is 4.98 Å². The second-order valence-corrected chi connectivity index (χ2v) is 7.13. The van der Waals surface area contributed by atoms with Gasteiger partial charge in [-0.1, -0.05) is 13.3 Å². The summed E-state index contributed by atoms with van der Waals surface area (Å²) in [5.74, 6) is 3.34. The number of hydrogen-bond acceptors (Lipinski definition) is 7. The summed E-state index contributed by atoms with van der Waals surface area (Å²) in [4.78, 5) is 8.82. The number of benzene rings is 1. The number of methoxy groups -OCH3 is 1. The van der Waals surface area contributed by atoms with Gasteiger partial charge in [-0.2, -0.15) is 10.2 Å². The molecule has 1 saturated carbocycles. The van der Waals surface area contributed by atoms with Crippen molar-refractivity contribution in [3.63, 3.8) is 0 Å². The van der Waals surface area contributed by atoms with Crippen LogP contribution in [0.2, 0.25) is 0 Å². The molecule has 1 aliphatic rings. The van der Waals surface area contributed by atoms with Crippen LogP contribution >= 0.6 is 0 Å². The molecule has 0 radical (unpaired) electrons. The molecule has 0 saturated heterocycles. The Labute approximate surface area is 166 Å². The van der Waals surface area contributed by atoms with Crippen LogP contribution in [0.5, 0.6) is 11.5 Å². The van der Waals surface area contributed by atoms with Crippen LogP contribution in [-0.4, -0.2) is 30.2 Å². The van der Waals surface area contributed by atoms with Gasteiger partial charge in [0.15, 0.2) is 17.6 Å². The van der Waals surface area contributed by atoms with E-state index in [1.165, 1.54) is 0 Å². The van der Waals surface area contributed by atoms with Crippen LogP contribution in [0.4, 0.5) is 17.5 Å². The molecule has 0 aliphatic heterocycles. The summed E-state index contributed by atoms with van der Waals surface area (Å²) in [7, 11) is 3.41. The number of anilines is 3. The monoisotopic (exact) mass is 381 g/mol. The van der Waals surface area contributed by atoms with Crippen molar-refractivity contribution in [1.29, 1.82) is 5.26 Å². The van der Waals surface area contributed by atoms with Crippen LogP contribution in [0.25, 0.3) is 0 Å². The highest BCUT2D eigenvalue weighted by atomic mass is 16.5. The molecule has 0 bridgehead atoms. The van der Waals surface area contributed by atoms with Gasteiger partial charge in [-0.05, 0) is 37.8 Å². The Kier molecular flexibility index (Phi) is 6.19. The van der Waals surface area contributed by atoms with E-state index in [1.807, 2.05) is 38.2 Å². The Balaban J connectivity index is 1.78. The van der Waals surface area contributed by atoms with Crippen LogP contribution in [0.15, 0.2) is 24.3 Å². The molecule has 1 unspecified atom stereocenters. The van der Waals surface area contributed by atoms with Crippen molar-refractivity contribution >= 4 is 17.5 Å². The molecule has 28 heavy (non-hydrogen) atoms. The molecule has 1 aromatic carbocycles. The third kappa shape index (κ3) is 4.45. The zero-order valence-corrected chi connectivity index (χ0v) is 16.8. The average molecular weight is 381 g/mol. The van der Waals surface area contributed by atoms with Gasteiger partial charge in [0.05, 0.1) is 7.11 Å². The maximum atomic E-state index is 9.58. The third-order valence-corrected chi connectivity index (χ3v) is 5.19. The zero-order valence-electron chi connectivity index (χ0n) is 16.8. The number of nitrogens with zero attached hydrogens (tertiary/aromatic N) is 3. The molecule has 1 fully saturated rings. The smallest absolute Gasteiger partial charge is 0.229 e. The summed E-state index contributed by atoms with van der Waals surface area (Å²) in [6, 6.07) is 9.69. The van der Waals surface area contributed by atoms with Gasteiger partial charge in [0.1, 0.15) is 11.9 Å². The molecule has 0 amide bonds. The van der Waals surface area contributed by atoms with E-state index >= 15 is 0 Å². The van der Waals surface area contributed by atoms with Crippen molar-refractivity contribution in [2.75, 3.05) is 24.8 Å². The summed E-state index contributed by atoms with van der Waals surface area (Å²) in [6.45, 7) is 4.10. The van der Waals surface area contributed by atoms with Gasteiger partial charge < -0.3 is 20.1 Å². The van der Waals surface area contributed by atoms with Crippen LogP contribution in [0, 0.1) is 30.1 Å². The quantitative estimate of drug-likeness (QED) is 0.705. The first-order chi connectivity index (χ1) is 13.6. The number of rotatable bonds is 8. The van der Waals surface area contributed by atoms with Crippen LogP contribution in [0.3, 0.4) is 0 Å². The molecular formula is C21H27N5O2. The van der Waals surface area contributed by atoms with Crippen LogP contribution < -0.4 is 20.1 Å². The fourth-order valence-corrected chi connectivity index (χ4v) is 3.46. The summed E-state index contributed by atoms with van der Waals surface area (Å²) in [5, 5.41) is 15.8. The highest BCUT2D eigenvalue weighted by molar-refractivity contribution is 5.60. The predicted molar refractivity (Wildman–Crippen MR) is 109 cm³/mol. The standard InChI is InChI=1S/C21H27N5O2/c1-5-14-9-15(10-14)19(12-22)28-18-11-16(6-7-17(18)27-4)25-21-24-13(2)8-20(23-3)26-21/h6-8,11,14-15,19H,5,9-10H2,1-4H3,(H2,23,24,25,26). The number of nitrogens with one attached hydrogen (secondary N) is 2. The Hall–Kier alpha value is -3.01. The first-order valence-electron chi connectivity index (χ1n) is 9.61. The summed E-state index contributed by atoms with van der Waals surface area (Å²) in [5.41, 5.74) is 1.62. The second kappa shape index (κ2) is 8.79. The summed E-state index contributed by atoms with van der Waals surface area (Å²) < 4.78 is 11.5. The van der Waals surface area contributed by atoms with E-state index in [4.69, 9.17) is 9.47 Å². The number of aryl methyl sites for hydroxylation is 1. The van der Waals surface area contributed by atoms with Crippen LogP contribution in [0.1, 0.15) is 31.9 Å². The predicted octanol–water partition coefficient (Wildman–Crippen LogP) is 4.29. The Morgan fingerprint density at radius 2 is 2.04 bits per heavy atom. The minimum Gasteiger partial charge on any atom is -0.493 e. The van der Waals surface area contributed by atoms with Gasteiger partial charge in [0.25, 0.3) is 0 Å². The highest BCUT2D eigenvalue weighted by Gasteiger charge is 2.35. The molecule has 1 atom stereocenters. The second-order valence-electron chi connectivity index (χ2n) is 7.13. The Morgan fingerprint density at radius 1 is 1.25 bits per heavy atom. The van der Waals surface area contributed by atoms with Gasteiger partial charge in [0, 0.05) is 36.5 Å². The SMILES string of the molecule is CCC1CC(C(C#N)Oc2cc(Nc3nc(C)cc(NC)n3)ccc2OC)C1. The average Bonchev–Trinajstić information content (AvgIpc) is 2.66. The first-order valence-corrected chi connectivity index (χ1v) is 9.61. The number of ether oxygens (including phenoxy) is 2. The topological polar surface area (TPSA) is 92.1 Å². The molecule has 1 aromatic heterocycles. The third-order valence-electron chi connectivity index (χ3n) is 5.19. The van der Waals surface area contributed by atoms with E-state index in [0.29, 0.717) is 23.4 Å². The lowest BCUT2D eigenvalue weighted by atomic mass is 9.71. The molecule has 3 rings (SSSR count). The molecule has 2 N–H and O–H groups in total. The minimum atomic E-state index is -0.474. The van der Waals surface area contributed by atoms with Crippen molar-refractivity contribution in [3.8, 4) is 17.6 Å². The molecule has 148 valence electrons. The van der Waals surface area contributed by atoms with Gasteiger partial charge in [0.2, 0.25) is 5.95 Å². The highest BCUT2D eigenvalue weighted by Crippen LogP contribution is 2.41. The summed E-state index contributed by atoms with van der Waals surface area (Å²) in [6.07, 6.45) is 2.76. The van der Waals surface area contributed by atoms with E-state index in [9.17, 15) is 5.26 Å². The molecular weight excluding hydrogens is 354 g/mol. The van der Waals surface area contributed by atoms with Crippen molar-refractivity contribution < 1.29 is 9.47 Å². The zero-order chi connectivity index (χ0) is 20.1. The maximum absolute atomic E-state index is 9.58. The van der Waals surface area contributed by atoms with E-state index in [2.05, 4.69) is 33.6 Å². The lowest BCUT2D eigenvalue weighted by Crippen LogP contribution is -2.36. The van der Waals surface area contributed by atoms with Gasteiger partial charge >= 0.3 is 0 Å². The number of hydrogen-bond donors (Lipinski definition) is 2. The first kappa shape index (κ1) is 19.7. The van der Waals surface area contributed by atoms with E-state index in [-0.39, 0.29) is 5.92 Å². The molecule has 0 spiro atoms. The van der Waals surface area contributed by atoms with E-state index in [0.717, 1.165) is 36.5 Å². The van der Waals surface area contributed by atoms with Crippen LogP contribution in [-0.2, 0) is 0 Å². The normalized spacial score (nSPS) is 19.1. The fourth-order valence-electron chi connectivity index (χ4n) is 3.46. The molecule has 1 aliphatic carbocycles. The van der Waals surface area contributed by atoms with Crippen molar-refractivity contribution in [1.82, 2.24) is 9.97 Å². The number of aromatic nitrogens is 2. The van der Waals surface area contributed by atoms with Crippen molar-refractivity contribution in [3.05, 3.63) is 30.0 Å². The molecule has 7 nitrogen and oxygen atoms in total. The van der Waals surface area contributed by atoms with Crippen molar-refractivity contribution in [2.45, 2.75) is 39.2 Å². The number of nitriles is 1. The fraction of sp³-hybridized carbons (Fsp3) is 0.476. The largest absolute Gasteiger partial charge is 0.493 e. The minimum absolute atomic E-state index is 0.273. The van der Waals surface area contributed by atoms with E-state index in [1.54, 1.807) is 7.11 Å². The van der Waals surface area contributed by atoms with Gasteiger partial charge in [-0.15, -0.1) is 0 Å². The van der Waals surface area contributed by atoms with E-state index < -0.39 is 6.10 Å². The Morgan fingerprint density at radius 3 is 2.68 bits per heavy atom. The van der Waals surface area contributed by atoms with Gasteiger partial charge in [-0.3, -0.25) is 0 Å². The lowest BCUT2D eigenvalue weighted by Gasteiger charge is -2.37. The van der Waals surface area contributed by atoms with Crippen molar-refractivity contribution in [2.24, 2.45) is 11.8 Å².